The molecule has 2 atom stereocenters. The molecule has 0 radical (unpaired) electrons. The number of amides is 4. The number of H-pyrrole nitrogens is 2. The molecule has 4 heterocycles. The molecule has 4 N–H and O–H groups in total. The number of carbonyl (C=O) groups excluding carboxylic acids is 4. The number of ether oxygens (including phenoxy) is 4. The normalized spacial score (nSPS) is 16.1. The lowest BCUT2D eigenvalue weighted by Gasteiger charge is -2.28. The van der Waals surface area contributed by atoms with Crippen molar-refractivity contribution in [1.29, 1.82) is 0 Å². The quantitative estimate of drug-likeness (QED) is 0.0822. The highest BCUT2D eigenvalue weighted by Crippen LogP contribution is 2.39. The molecular weight excluding hydrogens is 1080 g/mol. The number of likely N-dealkylation sites (tertiary alicyclic amines) is 2. The van der Waals surface area contributed by atoms with Crippen molar-refractivity contribution < 1.29 is 38.1 Å². The number of benzene rings is 6. The van der Waals surface area contributed by atoms with Gasteiger partial charge in [0.05, 0.1) is 40.5 Å². The molecule has 2 saturated heterocycles. The number of aromatic nitrogens is 4. The maximum Gasteiger partial charge on any atom is 0.424 e. The highest BCUT2D eigenvalue weighted by molar-refractivity contribution is 6.10. The van der Waals surface area contributed by atoms with Crippen molar-refractivity contribution >= 4 is 59.0 Å². The molecule has 0 saturated carbocycles. The Morgan fingerprint density at radius 3 is 1.40 bits per heavy atom. The van der Waals surface area contributed by atoms with Gasteiger partial charge in [-0.1, -0.05) is 133 Å². The first-order valence-corrected chi connectivity index (χ1v) is 29.3. The molecule has 2 fully saturated rings. The van der Waals surface area contributed by atoms with Crippen molar-refractivity contribution in [3.8, 4) is 22.5 Å². The number of hydrogen-bond acceptors (Lipinski definition) is 11. The van der Waals surface area contributed by atoms with Gasteiger partial charge in [-0.25, -0.2) is 19.2 Å². The second-order valence-electron chi connectivity index (χ2n) is 24.2. The van der Waals surface area contributed by atoms with E-state index in [9.17, 15) is 19.2 Å². The van der Waals surface area contributed by atoms with Gasteiger partial charge in [0.2, 0.25) is 0 Å². The summed E-state index contributed by atoms with van der Waals surface area (Å²) >= 11 is 0. The van der Waals surface area contributed by atoms with Crippen LogP contribution in [0.5, 0.6) is 0 Å². The lowest BCUT2D eigenvalue weighted by Crippen LogP contribution is -2.43. The Kier molecular flexibility index (Phi) is 16.8. The number of allylic oxidation sites excluding steroid dienone is 2. The largest absolute Gasteiger partial charge is 0.445 e. The average molecular weight is 1150 g/mol. The fourth-order valence-electron chi connectivity index (χ4n) is 11.3. The second-order valence-corrected chi connectivity index (χ2v) is 24.2. The molecule has 440 valence electrons. The molecule has 2 aliphatic heterocycles. The molecule has 16 nitrogen and oxygen atoms in total. The third-order valence-electron chi connectivity index (χ3n) is 15.5. The number of imide groups is 1. The molecule has 6 aromatic carbocycles. The summed E-state index contributed by atoms with van der Waals surface area (Å²) in [4.78, 5) is 56.6. The smallest absolute Gasteiger partial charge is 0.424 e. The van der Waals surface area contributed by atoms with E-state index in [1.165, 1.54) is 22.3 Å². The number of hydrogen-bond donors (Lipinski definition) is 3. The summed E-state index contributed by atoms with van der Waals surface area (Å²) in [6, 6.07) is 51.6. The summed E-state index contributed by atoms with van der Waals surface area (Å²) in [6.45, 7) is 12.4. The van der Waals surface area contributed by atoms with Crippen molar-refractivity contribution in [2.75, 3.05) is 23.7 Å². The Morgan fingerprint density at radius 1 is 0.535 bits per heavy atom. The number of nitrogens with one attached hydrogen (secondary N) is 2. The van der Waals surface area contributed by atoms with Gasteiger partial charge in [-0.2, -0.15) is 15.1 Å². The Balaban J connectivity index is 0.000000188. The third-order valence-corrected chi connectivity index (χ3v) is 15.5. The minimum atomic E-state index is -0.797. The highest BCUT2D eigenvalue weighted by Gasteiger charge is 2.36. The predicted octanol–water partition coefficient (Wildman–Crippen LogP) is 15.6. The van der Waals surface area contributed by atoms with Crippen LogP contribution in [0, 0.1) is 0 Å². The van der Waals surface area contributed by atoms with Crippen LogP contribution in [-0.4, -0.2) is 78.9 Å². The highest BCUT2D eigenvalue weighted by atomic mass is 16.6. The van der Waals surface area contributed by atoms with E-state index in [1.54, 1.807) is 57.4 Å². The molecule has 86 heavy (non-hydrogen) atoms. The molecule has 2 aromatic heterocycles. The van der Waals surface area contributed by atoms with Gasteiger partial charge < -0.3 is 24.7 Å². The van der Waals surface area contributed by atoms with Gasteiger partial charge in [-0.05, 0) is 172 Å². The molecule has 4 aliphatic rings. The fourth-order valence-corrected chi connectivity index (χ4v) is 11.3. The van der Waals surface area contributed by atoms with E-state index in [1.807, 2.05) is 103 Å². The standard InChI is InChI=1S/C40H44N4O6.C30H28N4O2/c1-39(2,3)49-37(46)44(38(47)50-40(4,5)6)32-19-18-29-21-30(22-31(29)23-32)27-14-16-28(17-15-27)33-24-34(42-41-33)35-13-10-20-43(35)36(45)48-25-26-11-8-7-9-12-26;31-26-13-12-23-15-24(16-25(23)17-26)21-8-10-22(11-9-21)27-18-28(33-32-27)29-7-4-14-34(29)30(35)36-19-20-5-2-1-3-6-20/h7-9,11-12,14-19,22-24,35H,10,13,20-21,25H2,1-6H3,(H,41,42);1-3,5-6,8-13,16-18,29H,4,7,14-15,19,31H2,(H,32,33)/t35-;29-/m00/s1. The van der Waals surface area contributed by atoms with Gasteiger partial charge in [0.1, 0.15) is 24.4 Å². The van der Waals surface area contributed by atoms with Crippen LogP contribution in [0.25, 0.3) is 45.8 Å². The van der Waals surface area contributed by atoms with E-state index in [4.69, 9.17) is 24.7 Å². The summed E-state index contributed by atoms with van der Waals surface area (Å²) in [7, 11) is 0. The summed E-state index contributed by atoms with van der Waals surface area (Å²) in [5.41, 5.74) is 22.1. The Morgan fingerprint density at radius 2 is 0.953 bits per heavy atom. The van der Waals surface area contributed by atoms with Gasteiger partial charge in [0, 0.05) is 29.9 Å². The van der Waals surface area contributed by atoms with E-state index in [2.05, 4.69) is 81.1 Å². The predicted molar refractivity (Wildman–Crippen MR) is 334 cm³/mol. The fraction of sp³-hybridized carbons (Fsp3) is 0.286. The zero-order chi connectivity index (χ0) is 60.1. The summed E-state index contributed by atoms with van der Waals surface area (Å²) < 4.78 is 22.3. The molecular formula is C70H72N8O8. The molecule has 2 aliphatic carbocycles. The molecule has 0 unspecified atom stereocenters. The van der Waals surface area contributed by atoms with Gasteiger partial charge >= 0.3 is 24.4 Å². The first-order chi connectivity index (χ1) is 41.4. The monoisotopic (exact) mass is 1150 g/mol. The molecule has 0 spiro atoms. The van der Waals surface area contributed by atoms with Crippen LogP contribution >= 0.6 is 0 Å². The average Bonchev–Trinajstić information content (AvgIpc) is 3.85. The van der Waals surface area contributed by atoms with Crippen LogP contribution in [0.1, 0.15) is 135 Å². The lowest BCUT2D eigenvalue weighted by molar-refractivity contribution is 0.0430. The van der Waals surface area contributed by atoms with Crippen molar-refractivity contribution in [2.24, 2.45) is 0 Å². The number of carbonyl (C=O) groups is 4. The molecule has 12 rings (SSSR count). The molecule has 0 bridgehead atoms. The van der Waals surface area contributed by atoms with Crippen LogP contribution in [0.4, 0.5) is 30.6 Å². The maximum atomic E-state index is 13.2. The van der Waals surface area contributed by atoms with Crippen LogP contribution in [0.2, 0.25) is 0 Å². The van der Waals surface area contributed by atoms with Crippen molar-refractivity contribution in [3.63, 3.8) is 0 Å². The SMILES string of the molecule is CC(C)(C)OC(=O)N(C(=O)OC(C)(C)C)c1ccc2c(c1)C=C(c1ccc(-c3cc([C@@H]4CCCN4C(=O)OCc4ccccc4)[nH]n3)cc1)C2.Nc1ccc2c(c1)C=C(c1ccc(-c3cc([C@@H]4CCCN4C(=O)OCc4ccccc4)[nH]n3)cc1)C2. The van der Waals surface area contributed by atoms with Crippen molar-refractivity contribution in [1.82, 2.24) is 30.2 Å². The van der Waals surface area contributed by atoms with E-state index < -0.39 is 23.4 Å². The van der Waals surface area contributed by atoms with Crippen LogP contribution < -0.4 is 10.6 Å². The zero-order valence-corrected chi connectivity index (χ0v) is 49.5. The van der Waals surface area contributed by atoms with E-state index >= 15 is 0 Å². The summed E-state index contributed by atoms with van der Waals surface area (Å²) in [5.74, 6) is 0. The summed E-state index contributed by atoms with van der Waals surface area (Å²) in [6.07, 6.45) is 7.29. The lowest BCUT2D eigenvalue weighted by atomic mass is 10.0. The molecule has 4 amide bonds. The Bertz CT molecular complexity index is 3790. The number of nitrogens with two attached hydrogens (primary N) is 1. The number of nitrogens with zero attached hydrogens (tertiary/aromatic N) is 5. The number of rotatable bonds is 11. The number of fused-ring (bicyclic) bond motifs is 2. The van der Waals surface area contributed by atoms with Crippen molar-refractivity contribution in [3.05, 3.63) is 214 Å². The molecule has 8 aromatic rings. The maximum absolute atomic E-state index is 13.2. The Hall–Kier alpha value is -9.70. The number of aromatic amines is 2. The van der Waals surface area contributed by atoms with Crippen LogP contribution in [-0.2, 0) is 45.0 Å². The number of anilines is 2. The minimum absolute atomic E-state index is 0.0524. The van der Waals surface area contributed by atoms with Crippen LogP contribution in [0.3, 0.4) is 0 Å². The second kappa shape index (κ2) is 24.9. The third kappa shape index (κ3) is 13.8. The Labute approximate surface area is 501 Å². The first-order valence-electron chi connectivity index (χ1n) is 29.3. The van der Waals surface area contributed by atoms with E-state index in [-0.39, 0.29) is 37.5 Å². The topological polar surface area (TPSA) is 198 Å². The van der Waals surface area contributed by atoms with Gasteiger partial charge in [0.25, 0.3) is 0 Å². The van der Waals surface area contributed by atoms with Crippen molar-refractivity contribution in [2.45, 2.75) is 117 Å². The van der Waals surface area contributed by atoms with E-state index in [0.29, 0.717) is 25.2 Å². The van der Waals surface area contributed by atoms with Crippen LogP contribution in [0.15, 0.2) is 158 Å². The van der Waals surface area contributed by atoms with Gasteiger partial charge in [-0.15, -0.1) is 0 Å². The first kappa shape index (κ1) is 58.1. The van der Waals surface area contributed by atoms with E-state index in [0.717, 1.165) is 110 Å². The zero-order valence-electron chi connectivity index (χ0n) is 49.5. The summed E-state index contributed by atoms with van der Waals surface area (Å²) in [5, 5.41) is 15.5. The number of nitrogen functional groups attached to an aromatic ring is 1. The minimum Gasteiger partial charge on any atom is -0.445 e. The van der Waals surface area contributed by atoms with Gasteiger partial charge in [0.15, 0.2) is 0 Å². The van der Waals surface area contributed by atoms with Gasteiger partial charge in [-0.3, -0.25) is 20.0 Å². The molecule has 16 heteroatoms.